The standard InChI is InChI=1S/C4H10O.C3H8O2/c1-4(2,3)5;1-5-3-2-4/h5H,1-3H3;4H,2-3H2,1H3. The van der Waals surface area contributed by atoms with Crippen molar-refractivity contribution in [1.29, 1.82) is 0 Å². The molecule has 0 aromatic heterocycles. The van der Waals surface area contributed by atoms with Gasteiger partial charge >= 0.3 is 0 Å². The molecule has 0 aromatic rings. The molecule has 3 heteroatoms. The smallest absolute Gasteiger partial charge is 0.0693 e. The first-order valence-electron chi connectivity index (χ1n) is 3.24. The van der Waals surface area contributed by atoms with E-state index in [1.165, 1.54) is 0 Å². The Labute approximate surface area is 62.6 Å². The van der Waals surface area contributed by atoms with E-state index in [-0.39, 0.29) is 6.61 Å². The van der Waals surface area contributed by atoms with Crippen LogP contribution in [0.3, 0.4) is 0 Å². The number of ether oxygens (including phenoxy) is 1. The minimum Gasteiger partial charge on any atom is -0.394 e. The number of aliphatic hydroxyl groups is 2. The van der Waals surface area contributed by atoms with E-state index < -0.39 is 5.60 Å². The van der Waals surface area contributed by atoms with Crippen LogP contribution in [0.4, 0.5) is 0 Å². The highest BCUT2D eigenvalue weighted by Gasteiger charge is 1.97. The highest BCUT2D eigenvalue weighted by Crippen LogP contribution is 1.93. The first-order chi connectivity index (χ1) is 4.41. The first-order valence-corrected chi connectivity index (χ1v) is 3.24. The molecule has 0 saturated heterocycles. The molecule has 0 aliphatic rings. The van der Waals surface area contributed by atoms with Crippen LogP contribution in [-0.4, -0.2) is 36.1 Å². The molecule has 0 unspecified atom stereocenters. The number of aliphatic hydroxyl groups excluding tert-OH is 1. The molecule has 0 fully saturated rings. The average Bonchev–Trinajstić information content (AvgIpc) is 1.63. The highest BCUT2D eigenvalue weighted by molar-refractivity contribution is 4.50. The lowest BCUT2D eigenvalue weighted by Crippen LogP contribution is -2.10. The number of methoxy groups -OCH3 is 1. The molecule has 64 valence electrons. The maximum atomic E-state index is 8.52. The van der Waals surface area contributed by atoms with Crippen LogP contribution in [0.15, 0.2) is 0 Å². The Kier molecular flexibility index (Phi) is 8.77. The fourth-order valence-electron chi connectivity index (χ4n) is 0.0913. The van der Waals surface area contributed by atoms with Gasteiger partial charge in [0.05, 0.1) is 18.8 Å². The van der Waals surface area contributed by atoms with Crippen molar-refractivity contribution >= 4 is 0 Å². The lowest BCUT2D eigenvalue weighted by Gasteiger charge is -2.04. The maximum Gasteiger partial charge on any atom is 0.0693 e. The second kappa shape index (κ2) is 6.99. The molecule has 0 heterocycles. The molecule has 0 atom stereocenters. The van der Waals surface area contributed by atoms with Crippen molar-refractivity contribution in [3.63, 3.8) is 0 Å². The summed E-state index contributed by atoms with van der Waals surface area (Å²) in [6.45, 7) is 5.80. The summed E-state index contributed by atoms with van der Waals surface area (Å²) in [7, 11) is 1.55. The van der Waals surface area contributed by atoms with E-state index in [4.69, 9.17) is 10.2 Å². The van der Waals surface area contributed by atoms with E-state index >= 15 is 0 Å². The van der Waals surface area contributed by atoms with Crippen molar-refractivity contribution in [3.8, 4) is 0 Å². The van der Waals surface area contributed by atoms with E-state index in [1.807, 2.05) is 0 Å². The zero-order valence-electron chi connectivity index (χ0n) is 7.22. The number of rotatable bonds is 2. The summed E-state index contributed by atoms with van der Waals surface area (Å²) in [5.41, 5.74) is -0.500. The van der Waals surface area contributed by atoms with Gasteiger partial charge in [0.2, 0.25) is 0 Å². The molecule has 0 aliphatic carbocycles. The summed E-state index contributed by atoms with van der Waals surface area (Å²) in [4.78, 5) is 0. The minimum absolute atomic E-state index is 0.122. The van der Waals surface area contributed by atoms with Crippen molar-refractivity contribution in [2.45, 2.75) is 26.4 Å². The van der Waals surface area contributed by atoms with Gasteiger partial charge in [-0.1, -0.05) is 0 Å². The van der Waals surface area contributed by atoms with Crippen LogP contribution in [0, 0.1) is 0 Å². The molecule has 0 aromatic carbocycles. The summed E-state index contributed by atoms with van der Waals surface area (Å²) >= 11 is 0. The van der Waals surface area contributed by atoms with Crippen LogP contribution in [0.2, 0.25) is 0 Å². The Morgan fingerprint density at radius 1 is 1.30 bits per heavy atom. The van der Waals surface area contributed by atoms with E-state index in [0.29, 0.717) is 6.61 Å². The Morgan fingerprint density at radius 3 is 1.60 bits per heavy atom. The molecule has 10 heavy (non-hydrogen) atoms. The van der Waals surface area contributed by atoms with Gasteiger partial charge in [0, 0.05) is 7.11 Å². The third kappa shape index (κ3) is 106. The van der Waals surface area contributed by atoms with Crippen molar-refractivity contribution in [2.24, 2.45) is 0 Å². The number of hydrogen-bond donors (Lipinski definition) is 2. The summed E-state index contributed by atoms with van der Waals surface area (Å²) in [6.07, 6.45) is 0. The van der Waals surface area contributed by atoms with Gasteiger partial charge in [-0.3, -0.25) is 0 Å². The van der Waals surface area contributed by atoms with Crippen LogP contribution < -0.4 is 0 Å². The predicted molar refractivity (Wildman–Crippen MR) is 40.9 cm³/mol. The Morgan fingerprint density at radius 2 is 1.60 bits per heavy atom. The van der Waals surface area contributed by atoms with Gasteiger partial charge in [-0.15, -0.1) is 0 Å². The largest absolute Gasteiger partial charge is 0.394 e. The minimum atomic E-state index is -0.500. The molecule has 0 amide bonds. The monoisotopic (exact) mass is 150 g/mol. The van der Waals surface area contributed by atoms with Gasteiger partial charge in [-0.05, 0) is 20.8 Å². The van der Waals surface area contributed by atoms with E-state index in [2.05, 4.69) is 4.74 Å². The molecular weight excluding hydrogens is 132 g/mol. The fourth-order valence-corrected chi connectivity index (χ4v) is 0.0913. The van der Waals surface area contributed by atoms with Crippen LogP contribution in [0.5, 0.6) is 0 Å². The fraction of sp³-hybridized carbons (Fsp3) is 1.00. The summed E-state index contributed by atoms with van der Waals surface area (Å²) in [5, 5.41) is 16.5. The Hall–Kier alpha value is -0.120. The molecule has 3 nitrogen and oxygen atoms in total. The van der Waals surface area contributed by atoms with E-state index in [9.17, 15) is 0 Å². The number of hydrogen-bond acceptors (Lipinski definition) is 3. The van der Waals surface area contributed by atoms with Gasteiger partial charge in [0.1, 0.15) is 0 Å². The first kappa shape index (κ1) is 12.5. The topological polar surface area (TPSA) is 49.7 Å². The molecule has 0 aliphatic heterocycles. The molecule has 0 rings (SSSR count). The molecule has 2 N–H and O–H groups in total. The van der Waals surface area contributed by atoms with Gasteiger partial charge in [0.25, 0.3) is 0 Å². The van der Waals surface area contributed by atoms with Crippen LogP contribution in [0.1, 0.15) is 20.8 Å². The lowest BCUT2D eigenvalue weighted by atomic mass is 10.2. The summed E-state index contributed by atoms with van der Waals surface area (Å²) in [6, 6.07) is 0. The zero-order chi connectivity index (χ0) is 8.62. The van der Waals surface area contributed by atoms with Crippen molar-refractivity contribution < 1.29 is 14.9 Å². The molecule has 0 saturated carbocycles. The summed E-state index contributed by atoms with van der Waals surface area (Å²) < 4.78 is 4.44. The van der Waals surface area contributed by atoms with Crippen LogP contribution in [-0.2, 0) is 4.74 Å². The third-order valence-corrected chi connectivity index (χ3v) is 0.295. The van der Waals surface area contributed by atoms with Crippen molar-refractivity contribution in [3.05, 3.63) is 0 Å². The third-order valence-electron chi connectivity index (χ3n) is 0.295. The second-order valence-corrected chi connectivity index (χ2v) is 2.89. The molecule has 0 bridgehead atoms. The average molecular weight is 150 g/mol. The van der Waals surface area contributed by atoms with Gasteiger partial charge in [-0.25, -0.2) is 0 Å². The van der Waals surface area contributed by atoms with Gasteiger partial charge < -0.3 is 14.9 Å². The van der Waals surface area contributed by atoms with Crippen molar-refractivity contribution in [1.82, 2.24) is 0 Å². The van der Waals surface area contributed by atoms with Crippen LogP contribution in [0.25, 0.3) is 0 Å². The van der Waals surface area contributed by atoms with Gasteiger partial charge in [-0.2, -0.15) is 0 Å². The van der Waals surface area contributed by atoms with E-state index in [0.717, 1.165) is 0 Å². The predicted octanol–water partition coefficient (Wildman–Crippen LogP) is 0.402. The normalized spacial score (nSPS) is 10.2. The summed E-state index contributed by atoms with van der Waals surface area (Å²) in [5.74, 6) is 0. The Bertz CT molecular complexity index is 48.4. The maximum absolute atomic E-state index is 8.52. The van der Waals surface area contributed by atoms with Crippen LogP contribution >= 0.6 is 0 Å². The Balaban J connectivity index is 0. The molecule has 0 radical (unpaired) electrons. The van der Waals surface area contributed by atoms with Crippen molar-refractivity contribution in [2.75, 3.05) is 20.3 Å². The quantitative estimate of drug-likeness (QED) is 0.599. The van der Waals surface area contributed by atoms with E-state index in [1.54, 1.807) is 27.9 Å². The van der Waals surface area contributed by atoms with Gasteiger partial charge in [0.15, 0.2) is 0 Å². The highest BCUT2D eigenvalue weighted by atomic mass is 16.5. The SMILES string of the molecule is CC(C)(C)O.COCCO. The zero-order valence-corrected chi connectivity index (χ0v) is 7.22. The molecular formula is C7H18O3. The molecule has 0 spiro atoms. The second-order valence-electron chi connectivity index (χ2n) is 2.89. The lowest BCUT2D eigenvalue weighted by molar-refractivity contribution is 0.102.